The second-order valence-corrected chi connectivity index (χ2v) is 11.5. The first-order chi connectivity index (χ1) is 17.6. The smallest absolute Gasteiger partial charge is 0.313 e. The first kappa shape index (κ1) is 28.4. The predicted octanol–water partition coefficient (Wildman–Crippen LogP) is 6.07. The van der Waals surface area contributed by atoms with E-state index in [4.69, 9.17) is 4.74 Å². The van der Waals surface area contributed by atoms with Gasteiger partial charge in [-0.05, 0) is 55.4 Å². The molecule has 3 aromatic rings. The van der Waals surface area contributed by atoms with Gasteiger partial charge in [0.15, 0.2) is 0 Å². The molecule has 0 amide bonds. The molecule has 3 aromatic carbocycles. The van der Waals surface area contributed by atoms with Gasteiger partial charge in [0.25, 0.3) is 0 Å². The number of rotatable bonds is 11. The highest BCUT2D eigenvalue weighted by atomic mass is 32.2. The number of esters is 1. The van der Waals surface area contributed by atoms with Crippen LogP contribution in [-0.2, 0) is 32.6 Å². The molecular weight excluding hydrogens is 482 g/mol. The highest BCUT2D eigenvalue weighted by Crippen LogP contribution is 2.23. The Bertz CT molecular complexity index is 1290. The quantitative estimate of drug-likeness (QED) is 0.246. The van der Waals surface area contributed by atoms with Crippen molar-refractivity contribution >= 4 is 16.0 Å². The summed E-state index contributed by atoms with van der Waals surface area (Å²) in [4.78, 5) is 13.4. The van der Waals surface area contributed by atoms with Gasteiger partial charge in [0.1, 0.15) is 6.61 Å². The minimum Gasteiger partial charge on any atom is -0.460 e. The molecule has 0 bridgehead atoms. The number of hydrogen-bond donors (Lipinski definition) is 1. The van der Waals surface area contributed by atoms with Crippen molar-refractivity contribution in [3.05, 3.63) is 113 Å². The third-order valence-electron chi connectivity index (χ3n) is 6.26. The SMILES string of the molecule is Cc1cc(C)c(S(=O)(=O)N[C@H](/C=C/[C@H](Cc2ccccc2)C(=O)OCc2ccccc2)C(C)C)c(C)c1. The van der Waals surface area contributed by atoms with E-state index >= 15 is 0 Å². The van der Waals surface area contributed by atoms with E-state index in [9.17, 15) is 13.2 Å². The maximum atomic E-state index is 13.4. The predicted molar refractivity (Wildman–Crippen MR) is 149 cm³/mol. The lowest BCUT2D eigenvalue weighted by atomic mass is 9.96. The van der Waals surface area contributed by atoms with Gasteiger partial charge in [-0.3, -0.25) is 4.79 Å². The molecule has 0 aliphatic carbocycles. The molecule has 0 aliphatic heterocycles. The van der Waals surface area contributed by atoms with E-state index in [0.29, 0.717) is 22.4 Å². The minimum absolute atomic E-state index is 0.0326. The van der Waals surface area contributed by atoms with Crippen molar-refractivity contribution in [3.63, 3.8) is 0 Å². The zero-order valence-electron chi connectivity index (χ0n) is 22.3. The maximum Gasteiger partial charge on any atom is 0.313 e. The molecular formula is C31H37NO4S. The fourth-order valence-corrected chi connectivity index (χ4v) is 6.21. The molecule has 37 heavy (non-hydrogen) atoms. The number of sulfonamides is 1. The van der Waals surface area contributed by atoms with Crippen LogP contribution in [0.3, 0.4) is 0 Å². The number of carbonyl (C=O) groups is 1. The fraction of sp³-hybridized carbons (Fsp3) is 0.323. The number of ether oxygens (including phenoxy) is 1. The molecule has 1 N–H and O–H groups in total. The molecule has 0 saturated carbocycles. The normalized spacial score (nSPS) is 13.6. The van der Waals surface area contributed by atoms with Crippen LogP contribution in [-0.4, -0.2) is 20.4 Å². The standard InChI is InChI=1S/C31H37NO4S/c1-22(2)29(32-37(34,35)30-24(4)18-23(3)19-25(30)5)17-16-28(20-26-12-8-6-9-13-26)31(33)36-21-27-14-10-7-11-15-27/h6-19,22,28-29,32H,20-21H2,1-5H3/b17-16+/t28-,29-/m1/s1. The molecule has 6 heteroatoms. The van der Waals surface area contributed by atoms with Gasteiger partial charge < -0.3 is 4.74 Å². The largest absolute Gasteiger partial charge is 0.460 e. The lowest BCUT2D eigenvalue weighted by Crippen LogP contribution is -2.38. The first-order valence-electron chi connectivity index (χ1n) is 12.6. The summed E-state index contributed by atoms with van der Waals surface area (Å²) < 4.78 is 35.3. The lowest BCUT2D eigenvalue weighted by molar-refractivity contribution is -0.148. The van der Waals surface area contributed by atoms with Crippen LogP contribution in [0.1, 0.15) is 41.7 Å². The molecule has 0 spiro atoms. The van der Waals surface area contributed by atoms with Gasteiger partial charge in [-0.15, -0.1) is 0 Å². The van der Waals surface area contributed by atoms with E-state index < -0.39 is 22.0 Å². The number of benzene rings is 3. The summed E-state index contributed by atoms with van der Waals surface area (Å²) in [6, 6.07) is 22.5. The maximum absolute atomic E-state index is 13.4. The van der Waals surface area contributed by atoms with Crippen LogP contribution in [0.4, 0.5) is 0 Å². The summed E-state index contributed by atoms with van der Waals surface area (Å²) >= 11 is 0. The van der Waals surface area contributed by atoms with Crippen LogP contribution in [0, 0.1) is 32.6 Å². The summed E-state index contributed by atoms with van der Waals surface area (Å²) in [7, 11) is -3.77. The van der Waals surface area contributed by atoms with Crippen molar-refractivity contribution in [2.45, 2.75) is 58.6 Å². The average molecular weight is 520 g/mol. The zero-order chi connectivity index (χ0) is 27.0. The Morgan fingerprint density at radius 1 is 0.865 bits per heavy atom. The number of aryl methyl sites for hydroxylation is 3. The highest BCUT2D eigenvalue weighted by Gasteiger charge is 2.25. The van der Waals surface area contributed by atoms with Crippen molar-refractivity contribution in [1.29, 1.82) is 0 Å². The van der Waals surface area contributed by atoms with E-state index in [-0.39, 0.29) is 18.5 Å². The average Bonchev–Trinajstić information content (AvgIpc) is 2.84. The summed E-state index contributed by atoms with van der Waals surface area (Å²) in [5.41, 5.74) is 4.36. The van der Waals surface area contributed by atoms with E-state index in [2.05, 4.69) is 4.72 Å². The topological polar surface area (TPSA) is 72.5 Å². The summed E-state index contributed by atoms with van der Waals surface area (Å²) in [5, 5.41) is 0. The molecule has 0 fully saturated rings. The van der Waals surface area contributed by atoms with Gasteiger partial charge >= 0.3 is 5.97 Å². The van der Waals surface area contributed by atoms with Gasteiger partial charge in [-0.1, -0.05) is 104 Å². The number of hydrogen-bond acceptors (Lipinski definition) is 4. The minimum atomic E-state index is -3.77. The molecule has 0 radical (unpaired) electrons. The molecule has 0 aliphatic rings. The Balaban J connectivity index is 1.83. The van der Waals surface area contributed by atoms with Crippen LogP contribution >= 0.6 is 0 Å². The van der Waals surface area contributed by atoms with Crippen LogP contribution in [0.5, 0.6) is 0 Å². The molecule has 0 aromatic heterocycles. The number of carbonyl (C=O) groups excluding carboxylic acids is 1. The van der Waals surface area contributed by atoms with Crippen molar-refractivity contribution in [2.75, 3.05) is 0 Å². The highest BCUT2D eigenvalue weighted by molar-refractivity contribution is 7.89. The summed E-state index contributed by atoms with van der Waals surface area (Å²) in [5.74, 6) is -0.936. The Morgan fingerprint density at radius 2 is 1.41 bits per heavy atom. The van der Waals surface area contributed by atoms with Crippen molar-refractivity contribution in [3.8, 4) is 0 Å². The Kier molecular flexibility index (Phi) is 9.84. The zero-order valence-corrected chi connectivity index (χ0v) is 23.1. The van der Waals surface area contributed by atoms with Gasteiger partial charge in [-0.2, -0.15) is 0 Å². The summed E-state index contributed by atoms with van der Waals surface area (Å²) in [6.07, 6.45) is 4.03. The second kappa shape index (κ2) is 12.8. The second-order valence-electron chi connectivity index (χ2n) is 9.89. The Hall–Kier alpha value is -3.22. The molecule has 0 saturated heterocycles. The van der Waals surface area contributed by atoms with E-state index in [1.54, 1.807) is 12.2 Å². The molecule has 5 nitrogen and oxygen atoms in total. The third-order valence-corrected chi connectivity index (χ3v) is 8.02. The monoisotopic (exact) mass is 519 g/mol. The van der Waals surface area contributed by atoms with Crippen LogP contribution in [0.15, 0.2) is 89.8 Å². The van der Waals surface area contributed by atoms with Crippen LogP contribution < -0.4 is 4.72 Å². The van der Waals surface area contributed by atoms with Crippen LogP contribution in [0.25, 0.3) is 0 Å². The lowest BCUT2D eigenvalue weighted by Gasteiger charge is -2.22. The van der Waals surface area contributed by atoms with E-state index in [1.807, 2.05) is 107 Å². The van der Waals surface area contributed by atoms with Gasteiger partial charge in [0, 0.05) is 6.04 Å². The van der Waals surface area contributed by atoms with Crippen molar-refractivity contribution in [2.24, 2.45) is 11.8 Å². The van der Waals surface area contributed by atoms with Gasteiger partial charge in [0.2, 0.25) is 10.0 Å². The molecule has 0 unspecified atom stereocenters. The Labute approximate surface area is 221 Å². The molecule has 0 heterocycles. The fourth-order valence-electron chi connectivity index (χ4n) is 4.41. The molecule has 3 rings (SSSR count). The van der Waals surface area contributed by atoms with Gasteiger partial charge in [-0.25, -0.2) is 13.1 Å². The third kappa shape index (κ3) is 8.14. The van der Waals surface area contributed by atoms with Crippen molar-refractivity contribution in [1.82, 2.24) is 4.72 Å². The summed E-state index contributed by atoms with van der Waals surface area (Å²) in [6.45, 7) is 9.66. The Morgan fingerprint density at radius 3 is 1.95 bits per heavy atom. The van der Waals surface area contributed by atoms with E-state index in [1.165, 1.54) is 0 Å². The molecule has 196 valence electrons. The van der Waals surface area contributed by atoms with Crippen LogP contribution in [0.2, 0.25) is 0 Å². The van der Waals surface area contributed by atoms with Crippen molar-refractivity contribution < 1.29 is 17.9 Å². The first-order valence-corrected chi connectivity index (χ1v) is 14.1. The molecule has 2 atom stereocenters. The number of nitrogens with one attached hydrogen (secondary N) is 1. The van der Waals surface area contributed by atoms with Gasteiger partial charge in [0.05, 0.1) is 10.8 Å². The van der Waals surface area contributed by atoms with E-state index in [0.717, 1.165) is 16.7 Å².